The summed E-state index contributed by atoms with van der Waals surface area (Å²) in [6.07, 6.45) is 2.20. The molecule has 0 spiro atoms. The van der Waals surface area contributed by atoms with Crippen molar-refractivity contribution in [1.82, 2.24) is 4.98 Å². The van der Waals surface area contributed by atoms with E-state index >= 15 is 0 Å². The molecular weight excluding hydrogens is 282 g/mol. The Morgan fingerprint density at radius 2 is 1.39 bits per heavy atom. The lowest BCUT2D eigenvalue weighted by molar-refractivity contribution is -1.02. The van der Waals surface area contributed by atoms with Crippen molar-refractivity contribution in [3.8, 4) is 0 Å². The van der Waals surface area contributed by atoms with Crippen molar-refractivity contribution < 1.29 is 9.80 Å². The van der Waals surface area contributed by atoms with Gasteiger partial charge in [-0.1, -0.05) is 48.5 Å². The molecule has 1 aliphatic rings. The summed E-state index contributed by atoms with van der Waals surface area (Å²) in [4.78, 5) is 6.84. The molecule has 0 amide bonds. The molecule has 3 aromatic rings. The summed E-state index contributed by atoms with van der Waals surface area (Å²) in [6.45, 7) is 7.38. The molecule has 2 aromatic carbocycles. The zero-order valence-electron chi connectivity index (χ0n) is 13.5. The van der Waals surface area contributed by atoms with Gasteiger partial charge in [0.2, 0.25) is 0 Å². The van der Waals surface area contributed by atoms with Gasteiger partial charge in [-0.25, -0.2) is 0 Å². The smallest absolute Gasteiger partial charge is 0.127 e. The van der Waals surface area contributed by atoms with Gasteiger partial charge in [0.1, 0.15) is 39.3 Å². The SMILES string of the molecule is c1ccc(C[NH+]2CC[NH+](Cc3c[nH]c4ccccc34)CC2)cc1. The second-order valence-electron chi connectivity index (χ2n) is 6.70. The Bertz CT molecular complexity index is 755. The molecule has 0 bridgehead atoms. The number of piperazine rings is 1. The lowest BCUT2D eigenvalue weighted by Gasteiger charge is -2.29. The second-order valence-corrected chi connectivity index (χ2v) is 6.70. The van der Waals surface area contributed by atoms with Gasteiger partial charge in [0, 0.05) is 28.2 Å². The van der Waals surface area contributed by atoms with E-state index in [9.17, 15) is 0 Å². The van der Waals surface area contributed by atoms with E-state index in [0.29, 0.717) is 0 Å². The number of nitrogens with one attached hydrogen (secondary N) is 3. The lowest BCUT2D eigenvalue weighted by Crippen LogP contribution is -3.27. The monoisotopic (exact) mass is 307 g/mol. The second kappa shape index (κ2) is 6.57. The molecule has 1 fully saturated rings. The number of H-pyrrole nitrogens is 1. The third kappa shape index (κ3) is 3.31. The molecule has 0 radical (unpaired) electrons. The predicted octanol–water partition coefficient (Wildman–Crippen LogP) is 0.652. The topological polar surface area (TPSA) is 24.7 Å². The number of aromatic nitrogens is 1. The van der Waals surface area contributed by atoms with Gasteiger partial charge in [-0.15, -0.1) is 0 Å². The van der Waals surface area contributed by atoms with Crippen LogP contribution < -0.4 is 9.80 Å². The van der Waals surface area contributed by atoms with Crippen LogP contribution in [-0.4, -0.2) is 31.2 Å². The molecule has 118 valence electrons. The highest BCUT2D eigenvalue weighted by atomic mass is 15.3. The number of hydrogen-bond donors (Lipinski definition) is 3. The first-order valence-corrected chi connectivity index (χ1v) is 8.64. The van der Waals surface area contributed by atoms with Crippen molar-refractivity contribution in [1.29, 1.82) is 0 Å². The van der Waals surface area contributed by atoms with Crippen LogP contribution in [0.4, 0.5) is 0 Å². The molecule has 3 heteroatoms. The summed E-state index contributed by atoms with van der Waals surface area (Å²) in [6, 6.07) is 19.5. The summed E-state index contributed by atoms with van der Waals surface area (Å²) in [5, 5.41) is 1.39. The first-order valence-electron chi connectivity index (χ1n) is 8.64. The van der Waals surface area contributed by atoms with Gasteiger partial charge in [0.05, 0.1) is 0 Å². The molecule has 23 heavy (non-hydrogen) atoms. The van der Waals surface area contributed by atoms with Crippen LogP contribution in [-0.2, 0) is 13.1 Å². The number of aromatic amines is 1. The van der Waals surface area contributed by atoms with Gasteiger partial charge in [-0.05, 0) is 6.07 Å². The summed E-state index contributed by atoms with van der Waals surface area (Å²) in [5.74, 6) is 0. The zero-order chi connectivity index (χ0) is 15.5. The maximum Gasteiger partial charge on any atom is 0.127 e. The molecule has 3 nitrogen and oxygen atoms in total. The van der Waals surface area contributed by atoms with Gasteiger partial charge in [-0.3, -0.25) is 0 Å². The van der Waals surface area contributed by atoms with Crippen molar-refractivity contribution in [2.75, 3.05) is 26.2 Å². The Hall–Kier alpha value is -2.10. The fraction of sp³-hybridized carbons (Fsp3) is 0.300. The van der Waals surface area contributed by atoms with Crippen LogP contribution in [0.2, 0.25) is 0 Å². The molecule has 4 rings (SSSR count). The summed E-state index contributed by atoms with van der Waals surface area (Å²) in [7, 11) is 0. The molecule has 0 saturated carbocycles. The Labute approximate surface area is 137 Å². The van der Waals surface area contributed by atoms with Crippen molar-refractivity contribution in [3.05, 3.63) is 71.9 Å². The molecule has 3 N–H and O–H groups in total. The summed E-state index contributed by atoms with van der Waals surface area (Å²) >= 11 is 0. The Kier molecular flexibility index (Phi) is 4.14. The van der Waals surface area contributed by atoms with E-state index in [1.165, 1.54) is 54.8 Å². The number of hydrogen-bond acceptors (Lipinski definition) is 0. The van der Waals surface area contributed by atoms with E-state index in [1.54, 1.807) is 9.80 Å². The Balaban J connectivity index is 1.35. The minimum atomic E-state index is 1.14. The summed E-state index contributed by atoms with van der Waals surface area (Å²) in [5.41, 5.74) is 4.18. The zero-order valence-corrected chi connectivity index (χ0v) is 13.5. The van der Waals surface area contributed by atoms with Gasteiger partial charge < -0.3 is 14.8 Å². The molecular formula is C20H25N3+2. The minimum Gasteiger partial charge on any atom is -0.361 e. The van der Waals surface area contributed by atoms with Gasteiger partial charge in [0.15, 0.2) is 0 Å². The van der Waals surface area contributed by atoms with E-state index in [4.69, 9.17) is 0 Å². The average Bonchev–Trinajstić information content (AvgIpc) is 3.01. The fourth-order valence-corrected chi connectivity index (χ4v) is 3.74. The largest absolute Gasteiger partial charge is 0.361 e. The van der Waals surface area contributed by atoms with Gasteiger partial charge in [0.25, 0.3) is 0 Å². The minimum absolute atomic E-state index is 1.14. The number of rotatable bonds is 4. The fourth-order valence-electron chi connectivity index (χ4n) is 3.74. The standard InChI is InChI=1S/C20H23N3/c1-2-6-17(7-3-1)15-22-10-12-23(13-11-22)16-18-14-21-20-9-5-4-8-19(18)20/h1-9,14,21H,10-13,15-16H2/p+2. The van der Waals surface area contributed by atoms with E-state index in [1.807, 2.05) is 0 Å². The van der Waals surface area contributed by atoms with Crippen LogP contribution in [0.15, 0.2) is 60.8 Å². The number of fused-ring (bicyclic) bond motifs is 1. The van der Waals surface area contributed by atoms with E-state index in [2.05, 4.69) is 65.8 Å². The first kappa shape index (κ1) is 14.5. The normalized spacial score (nSPS) is 21.6. The molecule has 0 unspecified atom stereocenters. The lowest BCUT2D eigenvalue weighted by atomic mass is 10.1. The molecule has 0 aliphatic carbocycles. The predicted molar refractivity (Wildman–Crippen MR) is 93.5 cm³/mol. The average molecular weight is 307 g/mol. The van der Waals surface area contributed by atoms with Crippen molar-refractivity contribution in [2.24, 2.45) is 0 Å². The molecule has 1 saturated heterocycles. The van der Waals surface area contributed by atoms with Crippen molar-refractivity contribution >= 4 is 10.9 Å². The van der Waals surface area contributed by atoms with Crippen LogP contribution in [0.1, 0.15) is 11.1 Å². The highest BCUT2D eigenvalue weighted by Gasteiger charge is 2.23. The highest BCUT2D eigenvalue weighted by Crippen LogP contribution is 2.16. The molecule has 0 atom stereocenters. The molecule has 2 heterocycles. The highest BCUT2D eigenvalue weighted by molar-refractivity contribution is 5.82. The molecule has 1 aliphatic heterocycles. The number of quaternary nitrogens is 2. The quantitative estimate of drug-likeness (QED) is 0.631. The van der Waals surface area contributed by atoms with Gasteiger partial charge in [-0.2, -0.15) is 0 Å². The number of benzene rings is 2. The summed E-state index contributed by atoms with van der Waals surface area (Å²) < 4.78 is 0. The Morgan fingerprint density at radius 3 is 2.17 bits per heavy atom. The number of para-hydroxylation sites is 1. The van der Waals surface area contributed by atoms with Crippen LogP contribution in [0.25, 0.3) is 10.9 Å². The van der Waals surface area contributed by atoms with E-state index < -0.39 is 0 Å². The van der Waals surface area contributed by atoms with Crippen LogP contribution in [0.3, 0.4) is 0 Å². The van der Waals surface area contributed by atoms with Crippen LogP contribution in [0.5, 0.6) is 0 Å². The maximum atomic E-state index is 3.40. The third-order valence-electron chi connectivity index (χ3n) is 5.08. The van der Waals surface area contributed by atoms with Gasteiger partial charge >= 0.3 is 0 Å². The third-order valence-corrected chi connectivity index (χ3v) is 5.08. The maximum absolute atomic E-state index is 3.40. The van der Waals surface area contributed by atoms with E-state index in [-0.39, 0.29) is 0 Å². The van der Waals surface area contributed by atoms with Crippen LogP contribution in [0, 0.1) is 0 Å². The first-order chi connectivity index (χ1) is 11.4. The molecule has 1 aromatic heterocycles. The van der Waals surface area contributed by atoms with Crippen molar-refractivity contribution in [3.63, 3.8) is 0 Å². The van der Waals surface area contributed by atoms with E-state index in [0.717, 1.165) is 6.54 Å². The Morgan fingerprint density at radius 1 is 0.739 bits per heavy atom. The van der Waals surface area contributed by atoms with Crippen LogP contribution >= 0.6 is 0 Å². The van der Waals surface area contributed by atoms with Crippen molar-refractivity contribution in [2.45, 2.75) is 13.1 Å².